The summed E-state index contributed by atoms with van der Waals surface area (Å²) in [6, 6.07) is 0. The Morgan fingerprint density at radius 1 is 0.966 bits per heavy atom. The third kappa shape index (κ3) is 3.49. The van der Waals surface area contributed by atoms with Gasteiger partial charge < -0.3 is 0 Å². The Balaban J connectivity index is 1.55. The highest BCUT2D eigenvalue weighted by Crippen LogP contribution is 2.66. The van der Waals surface area contributed by atoms with Gasteiger partial charge in [0.15, 0.2) is 0 Å². The molecule has 3 saturated carbocycles. The van der Waals surface area contributed by atoms with Crippen molar-refractivity contribution in [3.63, 3.8) is 0 Å². The normalized spacial score (nSPS) is 44.2. The molecule has 0 aromatic carbocycles. The first-order valence-electron chi connectivity index (χ1n) is 12.6. The number of rotatable bonds is 4. The predicted octanol–water partition coefficient (Wildman–Crippen LogP) is 7.62. The van der Waals surface area contributed by atoms with Crippen molar-refractivity contribution in [3.05, 3.63) is 23.8 Å². The Hall–Kier alpha value is -0.850. The fraction of sp³-hybridized carbons (Fsp3) is 0.821. The number of hydrogen-bond acceptors (Lipinski definition) is 1. The van der Waals surface area contributed by atoms with Crippen molar-refractivity contribution in [2.75, 3.05) is 0 Å². The van der Waals surface area contributed by atoms with Gasteiger partial charge in [-0.1, -0.05) is 65.3 Å². The number of ketones is 1. The summed E-state index contributed by atoms with van der Waals surface area (Å²) < 4.78 is 0. The molecule has 4 rings (SSSR count). The summed E-state index contributed by atoms with van der Waals surface area (Å²) in [5.41, 5.74) is 2.68. The maximum atomic E-state index is 12.1. The highest BCUT2D eigenvalue weighted by Gasteiger charge is 2.57. The molecule has 0 radical (unpaired) electrons. The van der Waals surface area contributed by atoms with Gasteiger partial charge in [0.2, 0.25) is 0 Å². The molecular weight excluding hydrogens is 352 g/mol. The van der Waals surface area contributed by atoms with Crippen molar-refractivity contribution < 1.29 is 4.79 Å². The fourth-order valence-electron chi connectivity index (χ4n) is 7.91. The molecule has 0 aromatic heterocycles. The minimum Gasteiger partial charge on any atom is -0.300 e. The topological polar surface area (TPSA) is 17.1 Å². The van der Waals surface area contributed by atoms with E-state index in [-0.39, 0.29) is 0 Å². The van der Waals surface area contributed by atoms with E-state index in [2.05, 4.69) is 59.8 Å². The standard InChI is InChI=1S/C28H44O/c1-18(2)19(3)7-8-20(4)24-11-12-25-23-10-9-21-17-22(29)13-15-27(21,5)26(23)14-16-28(24,25)6/h7-8,10,18-21,24-26H,9,11-17H2,1-6H3/b8-7+/t19-,20+,21-,24+,25-,26-,27-,28+/m0/s1. The number of allylic oxidation sites excluding steroid dienone is 4. The molecule has 0 bridgehead atoms. The van der Waals surface area contributed by atoms with Gasteiger partial charge in [-0.05, 0) is 90.8 Å². The Morgan fingerprint density at radius 3 is 2.41 bits per heavy atom. The van der Waals surface area contributed by atoms with E-state index in [9.17, 15) is 4.79 Å². The van der Waals surface area contributed by atoms with Gasteiger partial charge in [-0.25, -0.2) is 0 Å². The maximum Gasteiger partial charge on any atom is 0.133 e. The molecule has 0 unspecified atom stereocenters. The SMILES string of the molecule is CC(C)[C@@H](C)/C=C/[C@@H](C)[C@H]1CC[C@H]2C3=CC[C@H]4CC(=O)CC[C@]4(C)[C@H]3CC[C@]12C. The minimum absolute atomic E-state index is 0.385. The van der Waals surface area contributed by atoms with Crippen LogP contribution in [0.25, 0.3) is 0 Å². The Bertz CT molecular complexity index is 699. The molecule has 0 aromatic rings. The van der Waals surface area contributed by atoms with Crippen molar-refractivity contribution >= 4 is 5.78 Å². The number of fused-ring (bicyclic) bond motifs is 5. The Kier molecular flexibility index (Phi) is 5.67. The predicted molar refractivity (Wildman–Crippen MR) is 123 cm³/mol. The van der Waals surface area contributed by atoms with Gasteiger partial charge in [0.1, 0.15) is 5.78 Å². The maximum absolute atomic E-state index is 12.1. The van der Waals surface area contributed by atoms with Crippen molar-refractivity contribution in [1.29, 1.82) is 0 Å². The molecule has 1 nitrogen and oxygen atoms in total. The molecule has 0 saturated heterocycles. The quantitative estimate of drug-likeness (QED) is 0.447. The lowest BCUT2D eigenvalue weighted by Crippen LogP contribution is -2.49. The van der Waals surface area contributed by atoms with E-state index in [1.54, 1.807) is 0 Å². The summed E-state index contributed by atoms with van der Waals surface area (Å²) in [4.78, 5) is 12.1. The zero-order valence-electron chi connectivity index (χ0n) is 19.8. The summed E-state index contributed by atoms with van der Waals surface area (Å²) in [6.45, 7) is 14.7. The average Bonchev–Trinajstić information content (AvgIpc) is 3.03. The van der Waals surface area contributed by atoms with Crippen LogP contribution in [0.2, 0.25) is 0 Å². The van der Waals surface area contributed by atoms with Gasteiger partial charge in [0.05, 0.1) is 0 Å². The summed E-state index contributed by atoms with van der Waals surface area (Å²) >= 11 is 0. The molecule has 0 aliphatic heterocycles. The van der Waals surface area contributed by atoms with E-state index in [1.165, 1.54) is 25.7 Å². The highest BCUT2D eigenvalue weighted by molar-refractivity contribution is 5.79. The molecule has 162 valence electrons. The third-order valence-electron chi connectivity index (χ3n) is 10.4. The third-order valence-corrected chi connectivity index (χ3v) is 10.4. The Morgan fingerprint density at radius 2 is 1.69 bits per heavy atom. The molecule has 4 aliphatic carbocycles. The van der Waals surface area contributed by atoms with Crippen molar-refractivity contribution in [1.82, 2.24) is 0 Å². The van der Waals surface area contributed by atoms with Gasteiger partial charge >= 0.3 is 0 Å². The zero-order valence-corrected chi connectivity index (χ0v) is 19.8. The van der Waals surface area contributed by atoms with Crippen molar-refractivity contribution in [2.24, 2.45) is 52.3 Å². The van der Waals surface area contributed by atoms with E-state index < -0.39 is 0 Å². The van der Waals surface area contributed by atoms with E-state index in [4.69, 9.17) is 0 Å². The van der Waals surface area contributed by atoms with E-state index in [0.717, 1.165) is 49.4 Å². The van der Waals surface area contributed by atoms with Crippen LogP contribution in [0, 0.1) is 52.3 Å². The molecule has 29 heavy (non-hydrogen) atoms. The van der Waals surface area contributed by atoms with Crippen LogP contribution >= 0.6 is 0 Å². The largest absolute Gasteiger partial charge is 0.300 e. The molecule has 1 heteroatoms. The van der Waals surface area contributed by atoms with Crippen LogP contribution in [0.5, 0.6) is 0 Å². The molecule has 0 N–H and O–H groups in total. The second kappa shape index (κ2) is 7.69. The van der Waals surface area contributed by atoms with Crippen LogP contribution in [-0.2, 0) is 4.79 Å². The molecule has 3 fully saturated rings. The van der Waals surface area contributed by atoms with Crippen LogP contribution in [0.4, 0.5) is 0 Å². The monoisotopic (exact) mass is 396 g/mol. The van der Waals surface area contributed by atoms with Crippen molar-refractivity contribution in [3.8, 4) is 0 Å². The lowest BCUT2D eigenvalue weighted by atomic mass is 9.48. The summed E-state index contributed by atoms with van der Waals surface area (Å²) in [6.07, 6.45) is 17.2. The lowest BCUT2D eigenvalue weighted by molar-refractivity contribution is -0.127. The lowest BCUT2D eigenvalue weighted by Gasteiger charge is -2.57. The summed E-state index contributed by atoms with van der Waals surface area (Å²) in [5.74, 6) is 5.57. The van der Waals surface area contributed by atoms with E-state index >= 15 is 0 Å². The number of hydrogen-bond donors (Lipinski definition) is 0. The molecule has 0 amide bonds. The van der Waals surface area contributed by atoms with Gasteiger partial charge in [0, 0.05) is 12.8 Å². The molecular formula is C28H44O. The number of carbonyl (C=O) groups excluding carboxylic acids is 1. The van der Waals surface area contributed by atoms with Crippen LogP contribution in [0.3, 0.4) is 0 Å². The van der Waals surface area contributed by atoms with Gasteiger partial charge in [-0.15, -0.1) is 0 Å². The highest BCUT2D eigenvalue weighted by atomic mass is 16.1. The van der Waals surface area contributed by atoms with Gasteiger partial charge in [0.25, 0.3) is 0 Å². The summed E-state index contributed by atoms with van der Waals surface area (Å²) in [7, 11) is 0. The first-order chi connectivity index (χ1) is 13.7. The van der Waals surface area contributed by atoms with Crippen LogP contribution in [-0.4, -0.2) is 5.78 Å². The van der Waals surface area contributed by atoms with Gasteiger partial charge in [-0.2, -0.15) is 0 Å². The second-order valence-electron chi connectivity index (χ2n) is 12.1. The smallest absolute Gasteiger partial charge is 0.133 e. The van der Waals surface area contributed by atoms with Crippen LogP contribution in [0.15, 0.2) is 23.8 Å². The van der Waals surface area contributed by atoms with Gasteiger partial charge in [-0.3, -0.25) is 4.79 Å². The number of carbonyl (C=O) groups is 1. The minimum atomic E-state index is 0.385. The molecule has 0 spiro atoms. The number of Topliss-reactive ketones (excluding diaryl/α,β-unsaturated/α-hetero) is 1. The van der Waals surface area contributed by atoms with Crippen LogP contribution < -0.4 is 0 Å². The fourth-order valence-corrected chi connectivity index (χ4v) is 7.91. The van der Waals surface area contributed by atoms with Crippen molar-refractivity contribution in [2.45, 2.75) is 92.9 Å². The van der Waals surface area contributed by atoms with E-state index in [1.807, 2.05) is 5.57 Å². The first-order valence-corrected chi connectivity index (χ1v) is 12.6. The first kappa shape index (κ1) is 21.4. The van der Waals surface area contributed by atoms with Crippen LogP contribution in [0.1, 0.15) is 92.9 Å². The molecule has 0 heterocycles. The molecule has 4 aliphatic rings. The Labute approximate surface area is 179 Å². The average molecular weight is 397 g/mol. The van der Waals surface area contributed by atoms with E-state index in [0.29, 0.717) is 34.4 Å². The zero-order chi connectivity index (χ0) is 21.0. The summed E-state index contributed by atoms with van der Waals surface area (Å²) in [5, 5.41) is 0. The molecule has 8 atom stereocenters. The second-order valence-corrected chi connectivity index (χ2v) is 12.1.